The maximum absolute atomic E-state index is 13.6. The first-order valence-corrected chi connectivity index (χ1v) is 13.3. The fourth-order valence-electron chi connectivity index (χ4n) is 4.82. The lowest BCUT2D eigenvalue weighted by Crippen LogP contribution is -2.60. The Morgan fingerprint density at radius 2 is 1.52 bits per heavy atom. The van der Waals surface area contributed by atoms with E-state index in [9.17, 15) is 19.2 Å². The number of nitrogens with two attached hydrogens (primary N) is 3. The number of ketones is 1. The SMILES string of the molecule is Cc1ccccc1N(N)C(=O)N(N)c1ccc(N(N)C(C)(C)C(=O)C2CCCN2C(=O)CCCCC(=O)O)cc1. The Kier molecular flexibility index (Phi) is 9.85. The van der Waals surface area contributed by atoms with E-state index < -0.39 is 23.6 Å². The summed E-state index contributed by atoms with van der Waals surface area (Å²) in [5.41, 5.74) is 1.05. The molecule has 1 aliphatic rings. The van der Waals surface area contributed by atoms with Crippen LogP contribution in [0.25, 0.3) is 0 Å². The number of anilines is 3. The molecule has 216 valence electrons. The number of carbonyl (C=O) groups excluding carboxylic acids is 3. The summed E-state index contributed by atoms with van der Waals surface area (Å²) < 4.78 is 0. The predicted octanol–water partition coefficient (Wildman–Crippen LogP) is 2.84. The third kappa shape index (κ3) is 6.76. The molecule has 2 aromatic rings. The number of aryl methyl sites for hydroxylation is 1. The number of aliphatic carboxylic acids is 1. The van der Waals surface area contributed by atoms with Gasteiger partial charge >= 0.3 is 12.0 Å². The van der Waals surface area contributed by atoms with Crippen molar-refractivity contribution in [2.24, 2.45) is 17.5 Å². The monoisotopic (exact) mass is 553 g/mol. The van der Waals surface area contributed by atoms with Crippen LogP contribution in [-0.2, 0) is 14.4 Å². The number of unbranched alkanes of at least 4 members (excludes halogenated alkanes) is 1. The van der Waals surface area contributed by atoms with Crippen LogP contribution in [0.15, 0.2) is 48.5 Å². The van der Waals surface area contributed by atoms with Gasteiger partial charge in [-0.25, -0.2) is 32.3 Å². The van der Waals surface area contributed by atoms with E-state index in [2.05, 4.69) is 0 Å². The molecule has 12 heteroatoms. The summed E-state index contributed by atoms with van der Waals surface area (Å²) in [6.45, 7) is 5.71. The number of carboxylic acid groups (broad SMARTS) is 1. The van der Waals surface area contributed by atoms with Crippen molar-refractivity contribution in [3.63, 3.8) is 0 Å². The van der Waals surface area contributed by atoms with Crippen molar-refractivity contribution >= 4 is 40.8 Å². The van der Waals surface area contributed by atoms with Gasteiger partial charge < -0.3 is 10.0 Å². The number of urea groups is 1. The van der Waals surface area contributed by atoms with E-state index in [1.807, 2.05) is 19.1 Å². The maximum atomic E-state index is 13.6. The number of carboxylic acids is 1. The average molecular weight is 554 g/mol. The number of hydrogen-bond donors (Lipinski definition) is 4. The Labute approximate surface area is 234 Å². The molecule has 1 aliphatic heterocycles. The Hall–Kier alpha value is -4.00. The molecule has 1 atom stereocenters. The molecule has 0 aromatic heterocycles. The summed E-state index contributed by atoms with van der Waals surface area (Å²) in [5, 5.41) is 12.0. The van der Waals surface area contributed by atoms with Gasteiger partial charge in [-0.15, -0.1) is 0 Å². The molecular formula is C28H39N7O5. The molecular weight excluding hydrogens is 514 g/mol. The highest BCUT2D eigenvalue weighted by molar-refractivity contribution is 6.02. The molecule has 1 saturated heterocycles. The Morgan fingerprint density at radius 3 is 2.15 bits per heavy atom. The van der Waals surface area contributed by atoms with E-state index >= 15 is 0 Å². The Bertz CT molecular complexity index is 1230. The molecule has 0 bridgehead atoms. The molecule has 1 fully saturated rings. The Balaban J connectivity index is 1.67. The molecule has 3 amide bonds. The first-order valence-electron chi connectivity index (χ1n) is 13.3. The highest BCUT2D eigenvalue weighted by Crippen LogP contribution is 2.30. The molecule has 2 aromatic carbocycles. The van der Waals surface area contributed by atoms with Crippen LogP contribution in [0.5, 0.6) is 0 Å². The number of rotatable bonds is 11. The van der Waals surface area contributed by atoms with E-state index in [1.165, 1.54) is 5.01 Å². The van der Waals surface area contributed by atoms with E-state index in [-0.39, 0.29) is 24.5 Å². The second-order valence-electron chi connectivity index (χ2n) is 10.5. The molecule has 0 radical (unpaired) electrons. The standard InChI is InChI=1S/C28H39N7O5/c1-19-9-4-5-10-22(19)34(30)27(40)33(29)20-14-16-21(17-15-20)35(31)28(2,3)26(39)23-11-8-18-32(23)24(36)12-6-7-13-25(37)38/h4-5,9-10,14-17,23H,6-8,11-13,18,29-31H2,1-3H3,(H,37,38). The van der Waals surface area contributed by atoms with Gasteiger partial charge in [0.1, 0.15) is 5.54 Å². The number of hydrogen-bond acceptors (Lipinski definition) is 8. The minimum Gasteiger partial charge on any atom is -0.481 e. The maximum Gasteiger partial charge on any atom is 0.357 e. The second-order valence-corrected chi connectivity index (χ2v) is 10.5. The zero-order valence-corrected chi connectivity index (χ0v) is 23.2. The van der Waals surface area contributed by atoms with Crippen molar-refractivity contribution in [3.05, 3.63) is 54.1 Å². The van der Waals surface area contributed by atoms with Gasteiger partial charge in [-0.1, -0.05) is 18.2 Å². The lowest BCUT2D eigenvalue weighted by Gasteiger charge is -2.38. The second kappa shape index (κ2) is 12.9. The van der Waals surface area contributed by atoms with Crippen LogP contribution in [-0.4, -0.2) is 51.8 Å². The van der Waals surface area contributed by atoms with Crippen LogP contribution in [0, 0.1) is 6.92 Å². The van der Waals surface area contributed by atoms with E-state index in [0.717, 1.165) is 15.6 Å². The van der Waals surface area contributed by atoms with Crippen LogP contribution >= 0.6 is 0 Å². The summed E-state index contributed by atoms with van der Waals surface area (Å²) >= 11 is 0. The molecule has 7 N–H and O–H groups in total. The van der Waals surface area contributed by atoms with Crippen LogP contribution in [0.4, 0.5) is 21.9 Å². The lowest BCUT2D eigenvalue weighted by molar-refractivity contribution is -0.139. The third-order valence-electron chi connectivity index (χ3n) is 7.31. The minimum atomic E-state index is -1.16. The van der Waals surface area contributed by atoms with Crippen LogP contribution in [0.3, 0.4) is 0 Å². The highest BCUT2D eigenvalue weighted by Gasteiger charge is 2.43. The van der Waals surface area contributed by atoms with Crippen molar-refractivity contribution in [1.82, 2.24) is 4.90 Å². The van der Waals surface area contributed by atoms with Gasteiger partial charge in [-0.3, -0.25) is 19.4 Å². The van der Waals surface area contributed by atoms with Gasteiger partial charge in [0.25, 0.3) is 0 Å². The van der Waals surface area contributed by atoms with E-state index in [0.29, 0.717) is 49.3 Å². The van der Waals surface area contributed by atoms with E-state index in [4.69, 9.17) is 22.6 Å². The zero-order valence-electron chi connectivity index (χ0n) is 23.2. The molecule has 1 unspecified atom stereocenters. The summed E-state index contributed by atoms with van der Waals surface area (Å²) in [5.74, 6) is 17.3. The number of carbonyl (C=O) groups is 4. The number of amides is 3. The predicted molar refractivity (Wildman–Crippen MR) is 153 cm³/mol. The van der Waals surface area contributed by atoms with Gasteiger partial charge in [0.2, 0.25) is 5.91 Å². The van der Waals surface area contributed by atoms with Crippen molar-refractivity contribution in [2.75, 3.05) is 21.6 Å². The molecule has 0 aliphatic carbocycles. The first-order chi connectivity index (χ1) is 18.9. The number of nitrogens with zero attached hydrogens (tertiary/aromatic N) is 4. The quantitative estimate of drug-likeness (QED) is 0.141. The molecule has 12 nitrogen and oxygen atoms in total. The number of likely N-dealkylation sites (tertiary alicyclic amines) is 1. The number of hydrazine groups is 3. The number of benzene rings is 2. The summed E-state index contributed by atoms with van der Waals surface area (Å²) in [7, 11) is 0. The average Bonchev–Trinajstić information content (AvgIpc) is 3.43. The smallest absolute Gasteiger partial charge is 0.357 e. The summed E-state index contributed by atoms with van der Waals surface area (Å²) in [6, 6.07) is 12.4. The molecule has 1 heterocycles. The highest BCUT2D eigenvalue weighted by atomic mass is 16.4. The zero-order chi connectivity index (χ0) is 29.6. The third-order valence-corrected chi connectivity index (χ3v) is 7.31. The van der Waals surface area contributed by atoms with Gasteiger partial charge in [0.05, 0.1) is 23.1 Å². The molecule has 0 spiro atoms. The number of para-hydroxylation sites is 1. The lowest BCUT2D eigenvalue weighted by atomic mass is 9.90. The normalized spacial score (nSPS) is 15.1. The first kappa shape index (κ1) is 30.5. The van der Waals surface area contributed by atoms with Gasteiger partial charge in [-0.05, 0) is 82.3 Å². The van der Waals surface area contributed by atoms with Crippen molar-refractivity contribution in [2.45, 2.75) is 70.9 Å². The van der Waals surface area contributed by atoms with Crippen molar-refractivity contribution < 1.29 is 24.3 Å². The summed E-state index contributed by atoms with van der Waals surface area (Å²) in [6.07, 6.45) is 2.31. The fraction of sp³-hybridized carbons (Fsp3) is 0.429. The van der Waals surface area contributed by atoms with Crippen molar-refractivity contribution in [1.29, 1.82) is 0 Å². The Morgan fingerprint density at radius 1 is 0.925 bits per heavy atom. The molecule has 40 heavy (non-hydrogen) atoms. The van der Waals surface area contributed by atoms with Gasteiger partial charge in [0, 0.05) is 19.4 Å². The fourth-order valence-corrected chi connectivity index (χ4v) is 4.82. The van der Waals surface area contributed by atoms with Crippen LogP contribution in [0.2, 0.25) is 0 Å². The molecule has 0 saturated carbocycles. The van der Waals surface area contributed by atoms with Crippen molar-refractivity contribution in [3.8, 4) is 0 Å². The van der Waals surface area contributed by atoms with Gasteiger partial charge in [-0.2, -0.15) is 0 Å². The number of Topliss-reactive ketones (excluding diaryl/α,β-unsaturated/α-hetero) is 1. The van der Waals surface area contributed by atoms with Crippen LogP contribution in [0.1, 0.15) is 57.9 Å². The minimum absolute atomic E-state index is 0.0108. The topological polar surface area (TPSA) is 180 Å². The largest absolute Gasteiger partial charge is 0.481 e. The summed E-state index contributed by atoms with van der Waals surface area (Å²) in [4.78, 5) is 51.6. The van der Waals surface area contributed by atoms with E-state index in [1.54, 1.807) is 55.1 Å². The van der Waals surface area contributed by atoms with Gasteiger partial charge in [0.15, 0.2) is 5.78 Å². The molecule has 3 rings (SSSR count). The van der Waals surface area contributed by atoms with Crippen LogP contribution < -0.4 is 32.6 Å².